The molecule has 0 aliphatic rings. The number of nitrogens with zero attached hydrogens (tertiary/aromatic N) is 4. The molecule has 31 heavy (non-hydrogen) atoms. The number of aromatic nitrogens is 4. The highest BCUT2D eigenvalue weighted by atomic mass is 35.5. The van der Waals surface area contributed by atoms with E-state index in [9.17, 15) is 13.2 Å². The number of anilines is 1. The van der Waals surface area contributed by atoms with Crippen molar-refractivity contribution in [2.24, 2.45) is 0 Å². The predicted octanol–water partition coefficient (Wildman–Crippen LogP) is 5.82. The van der Waals surface area contributed by atoms with Crippen LogP contribution in [0.15, 0.2) is 30.6 Å². The molecule has 3 rings (SSSR count). The second-order valence-corrected chi connectivity index (χ2v) is 14.6. The van der Waals surface area contributed by atoms with E-state index in [4.69, 9.17) is 16.3 Å². The zero-order chi connectivity index (χ0) is 22.8. The molecule has 1 atom stereocenters. The Hall–Kier alpha value is -2.17. The highest BCUT2D eigenvalue weighted by Gasteiger charge is 2.36. The van der Waals surface area contributed by atoms with Crippen LogP contribution < -0.4 is 5.32 Å². The zero-order valence-electron chi connectivity index (χ0n) is 17.8. The lowest BCUT2D eigenvalue weighted by molar-refractivity contribution is -0.138. The van der Waals surface area contributed by atoms with Crippen LogP contribution in [0.25, 0.3) is 22.3 Å². The predicted molar refractivity (Wildman–Crippen MR) is 119 cm³/mol. The summed E-state index contributed by atoms with van der Waals surface area (Å²) in [7, 11) is -1.24. The molecule has 3 aromatic heterocycles. The summed E-state index contributed by atoms with van der Waals surface area (Å²) < 4.78 is 46.5. The Bertz CT molecular complexity index is 1050. The lowest BCUT2D eigenvalue weighted by Gasteiger charge is -2.18. The fourth-order valence-electron chi connectivity index (χ4n) is 2.86. The summed E-state index contributed by atoms with van der Waals surface area (Å²) in [6, 6.07) is 4.47. The molecule has 0 saturated heterocycles. The summed E-state index contributed by atoms with van der Waals surface area (Å²) in [4.78, 5) is 12.3. The Morgan fingerprint density at radius 2 is 1.97 bits per heavy atom. The number of nitrogens with one attached hydrogen (secondary N) is 1. The number of fused-ring (bicyclic) bond motifs is 1. The van der Waals surface area contributed by atoms with Crippen LogP contribution in [-0.4, -0.2) is 46.4 Å². The largest absolute Gasteiger partial charge is 0.408 e. The molecule has 168 valence electrons. The van der Waals surface area contributed by atoms with E-state index in [1.165, 1.54) is 6.20 Å². The molecule has 0 spiro atoms. The number of hydrogen-bond donors (Lipinski definition) is 1. The van der Waals surface area contributed by atoms with E-state index >= 15 is 0 Å². The van der Waals surface area contributed by atoms with Crippen molar-refractivity contribution in [2.75, 3.05) is 11.9 Å². The fourth-order valence-corrected chi connectivity index (χ4v) is 3.77. The van der Waals surface area contributed by atoms with Crippen LogP contribution in [0.1, 0.15) is 6.92 Å². The molecule has 0 radical (unpaired) electrons. The number of ether oxygens (including phenoxy) is 1. The second-order valence-electron chi connectivity index (χ2n) is 8.54. The van der Waals surface area contributed by atoms with Crippen molar-refractivity contribution in [2.45, 2.75) is 51.6 Å². The van der Waals surface area contributed by atoms with Gasteiger partial charge in [0.1, 0.15) is 17.9 Å². The van der Waals surface area contributed by atoms with Crippen LogP contribution >= 0.6 is 11.6 Å². The third-order valence-electron chi connectivity index (χ3n) is 4.72. The van der Waals surface area contributed by atoms with Crippen LogP contribution in [0.2, 0.25) is 30.8 Å². The number of rotatable bonds is 8. The van der Waals surface area contributed by atoms with Crippen molar-refractivity contribution in [3.8, 4) is 11.4 Å². The van der Waals surface area contributed by atoms with Crippen LogP contribution in [0.5, 0.6) is 0 Å². The molecule has 0 fully saturated rings. The molecule has 0 amide bonds. The fraction of sp³-hybridized carbons (Fsp3) is 0.450. The molecule has 0 bridgehead atoms. The van der Waals surface area contributed by atoms with E-state index in [2.05, 4.69) is 39.9 Å². The molecule has 0 saturated carbocycles. The minimum atomic E-state index is -4.40. The Kier molecular flexibility index (Phi) is 6.92. The normalized spacial score (nSPS) is 13.5. The summed E-state index contributed by atoms with van der Waals surface area (Å²) >= 11 is 6.09. The quantitative estimate of drug-likeness (QED) is 0.254. The van der Waals surface area contributed by atoms with Crippen LogP contribution in [-0.2, 0) is 11.5 Å². The number of hydrogen-bond acceptors (Lipinski definition) is 5. The van der Waals surface area contributed by atoms with E-state index in [0.717, 1.165) is 23.9 Å². The van der Waals surface area contributed by atoms with Gasteiger partial charge < -0.3 is 14.6 Å². The lowest BCUT2D eigenvalue weighted by atomic mass is 10.2. The van der Waals surface area contributed by atoms with Crippen molar-refractivity contribution in [3.05, 3.63) is 35.7 Å². The van der Waals surface area contributed by atoms with Crippen LogP contribution in [0, 0.1) is 0 Å². The molecule has 0 aromatic carbocycles. The molecule has 1 N–H and O–H groups in total. The van der Waals surface area contributed by atoms with E-state index < -0.39 is 20.3 Å². The molecule has 6 nitrogen and oxygen atoms in total. The Balaban J connectivity index is 1.93. The average Bonchev–Trinajstić information content (AvgIpc) is 3.02. The third-order valence-corrected chi connectivity index (χ3v) is 6.63. The van der Waals surface area contributed by atoms with Gasteiger partial charge in [0, 0.05) is 32.5 Å². The topological polar surface area (TPSA) is 64.9 Å². The zero-order valence-corrected chi connectivity index (χ0v) is 19.6. The monoisotopic (exact) mass is 471 g/mol. The van der Waals surface area contributed by atoms with Crippen molar-refractivity contribution in [1.82, 2.24) is 19.5 Å². The van der Waals surface area contributed by atoms with E-state index in [1.807, 2.05) is 10.6 Å². The highest BCUT2D eigenvalue weighted by molar-refractivity contribution is 6.76. The van der Waals surface area contributed by atoms with Gasteiger partial charge in [-0.25, -0.2) is 15.0 Å². The first-order valence-corrected chi connectivity index (χ1v) is 13.9. The van der Waals surface area contributed by atoms with Crippen molar-refractivity contribution < 1.29 is 17.9 Å². The summed E-state index contributed by atoms with van der Waals surface area (Å²) in [5.41, 5.74) is 1.95. The molecule has 11 heteroatoms. The Morgan fingerprint density at radius 1 is 1.23 bits per heavy atom. The summed E-state index contributed by atoms with van der Waals surface area (Å²) in [5, 5.41) is 3.47. The molecular formula is C20H25ClF3N5OSi. The standard InChI is InChI=1S/C20H25ClF3N5OSi/c1-13(20(22,23)24)27-19-25-6-5-15(28-19)17-9-14-11-26-18(21)10-16(14)29(17)12-30-7-8-31(2,3)4/h5-6,9-11,13H,7-8,12H2,1-4H3,(H,25,27,28)/t13-/m1/s1. The second kappa shape index (κ2) is 9.13. The van der Waals surface area contributed by atoms with Crippen LogP contribution in [0.3, 0.4) is 0 Å². The lowest BCUT2D eigenvalue weighted by Crippen LogP contribution is -2.33. The summed E-state index contributed by atoms with van der Waals surface area (Å²) in [6.45, 7) is 8.72. The summed E-state index contributed by atoms with van der Waals surface area (Å²) in [5.74, 6) is -0.102. The molecule has 0 aliphatic heterocycles. The van der Waals surface area contributed by atoms with Gasteiger partial charge in [-0.15, -0.1) is 0 Å². The van der Waals surface area contributed by atoms with Gasteiger partial charge in [-0.2, -0.15) is 13.2 Å². The van der Waals surface area contributed by atoms with Crippen molar-refractivity contribution >= 4 is 36.5 Å². The minimum absolute atomic E-state index is 0.102. The number of halogens is 4. The molecular weight excluding hydrogens is 447 g/mol. The molecule has 0 aliphatic carbocycles. The van der Waals surface area contributed by atoms with Gasteiger partial charge >= 0.3 is 6.18 Å². The Labute approximate surface area is 184 Å². The highest BCUT2D eigenvalue weighted by Crippen LogP contribution is 2.29. The van der Waals surface area contributed by atoms with Crippen molar-refractivity contribution in [3.63, 3.8) is 0 Å². The summed E-state index contributed by atoms with van der Waals surface area (Å²) in [6.07, 6.45) is -1.33. The first kappa shape index (κ1) is 23.5. The maximum atomic E-state index is 12.9. The molecule has 3 aromatic rings. The minimum Gasteiger partial charge on any atom is -0.361 e. The van der Waals surface area contributed by atoms with Gasteiger partial charge in [0.05, 0.1) is 16.9 Å². The number of pyridine rings is 1. The van der Waals surface area contributed by atoms with Gasteiger partial charge in [-0.3, -0.25) is 0 Å². The van der Waals surface area contributed by atoms with Gasteiger partial charge in [0.2, 0.25) is 5.95 Å². The first-order chi connectivity index (χ1) is 14.4. The van der Waals surface area contributed by atoms with Gasteiger partial charge in [-0.1, -0.05) is 31.2 Å². The molecule has 3 heterocycles. The van der Waals surface area contributed by atoms with Gasteiger partial charge in [0.25, 0.3) is 0 Å². The van der Waals surface area contributed by atoms with Gasteiger partial charge in [0.15, 0.2) is 0 Å². The maximum absolute atomic E-state index is 12.9. The SMILES string of the molecule is C[C@@H](Nc1nccc(-c2cc3cnc(Cl)cc3n2COCC[Si](C)(C)C)n1)C(F)(F)F. The van der Waals surface area contributed by atoms with E-state index in [0.29, 0.717) is 23.1 Å². The Morgan fingerprint density at radius 3 is 2.65 bits per heavy atom. The van der Waals surface area contributed by atoms with E-state index in [1.54, 1.807) is 18.3 Å². The van der Waals surface area contributed by atoms with Gasteiger partial charge in [-0.05, 0) is 31.2 Å². The van der Waals surface area contributed by atoms with Crippen molar-refractivity contribution in [1.29, 1.82) is 0 Å². The number of alkyl halides is 3. The molecule has 0 unspecified atom stereocenters. The maximum Gasteiger partial charge on any atom is 0.408 e. The average molecular weight is 472 g/mol. The first-order valence-electron chi connectivity index (χ1n) is 9.83. The van der Waals surface area contributed by atoms with Crippen LogP contribution in [0.4, 0.5) is 19.1 Å². The smallest absolute Gasteiger partial charge is 0.361 e. The van der Waals surface area contributed by atoms with E-state index in [-0.39, 0.29) is 12.7 Å². The third kappa shape index (κ3) is 6.17.